The molecular formula is C25H20N4O4S. The maximum Gasteiger partial charge on any atom is 0.343 e. The van der Waals surface area contributed by atoms with Crippen LogP contribution in [0, 0.1) is 11.3 Å². The molecule has 0 unspecified atom stereocenters. The van der Waals surface area contributed by atoms with E-state index in [4.69, 9.17) is 4.74 Å². The lowest BCUT2D eigenvalue weighted by molar-refractivity contribution is -0.136. The molecule has 1 heterocycles. The predicted molar refractivity (Wildman–Crippen MR) is 128 cm³/mol. The van der Waals surface area contributed by atoms with Crippen LogP contribution in [0.3, 0.4) is 0 Å². The molecule has 1 aromatic heterocycles. The second kappa shape index (κ2) is 10.6. The fraction of sp³-hybridized carbons (Fsp3) is 0.160. The Morgan fingerprint density at radius 1 is 1.00 bits per heavy atom. The molecule has 2 aromatic carbocycles. The minimum atomic E-state index is -0.945. The molecule has 0 fully saturated rings. The van der Waals surface area contributed by atoms with Crippen LogP contribution in [0.5, 0.6) is 5.75 Å². The van der Waals surface area contributed by atoms with Crippen LogP contribution in [-0.4, -0.2) is 24.0 Å². The number of carbonyl (C=O) groups is 3. The number of benzene rings is 2. The molecule has 34 heavy (non-hydrogen) atoms. The lowest BCUT2D eigenvalue weighted by Gasteiger charge is -2.09. The van der Waals surface area contributed by atoms with Gasteiger partial charge in [0.2, 0.25) is 0 Å². The number of esters is 1. The van der Waals surface area contributed by atoms with Crippen LogP contribution in [0.4, 0.5) is 5.00 Å². The van der Waals surface area contributed by atoms with Gasteiger partial charge in [-0.2, -0.15) is 10.4 Å². The van der Waals surface area contributed by atoms with E-state index in [0.717, 1.165) is 36.1 Å². The molecule has 2 amide bonds. The molecule has 0 spiro atoms. The van der Waals surface area contributed by atoms with Gasteiger partial charge in [0.25, 0.3) is 0 Å². The van der Waals surface area contributed by atoms with Crippen molar-refractivity contribution in [3.63, 3.8) is 0 Å². The second-order valence-electron chi connectivity index (χ2n) is 7.50. The second-order valence-corrected chi connectivity index (χ2v) is 8.61. The van der Waals surface area contributed by atoms with E-state index in [0.29, 0.717) is 27.4 Å². The number of hydrogen-bond donors (Lipinski definition) is 2. The van der Waals surface area contributed by atoms with Crippen LogP contribution in [0.15, 0.2) is 59.7 Å². The van der Waals surface area contributed by atoms with E-state index >= 15 is 0 Å². The standard InChI is InChI=1S/C25H20N4O4S/c26-14-20-19-8-4-5-9-21(19)34-24(20)28-22(30)23(31)29-27-15-16-10-12-18(13-11-16)33-25(32)17-6-2-1-3-7-17/h1-3,6-7,10-13,15H,4-5,8-9H2,(H,28,30)(H,29,31)/b27-15+. The number of nitriles is 1. The average Bonchev–Trinajstić information content (AvgIpc) is 3.22. The zero-order valence-corrected chi connectivity index (χ0v) is 18.9. The van der Waals surface area contributed by atoms with Gasteiger partial charge in [-0.1, -0.05) is 18.2 Å². The third-order valence-corrected chi connectivity index (χ3v) is 6.40. The number of anilines is 1. The zero-order chi connectivity index (χ0) is 23.9. The van der Waals surface area contributed by atoms with Gasteiger partial charge in [-0.15, -0.1) is 11.3 Å². The number of thiophene rings is 1. The van der Waals surface area contributed by atoms with Crippen molar-refractivity contribution >= 4 is 40.3 Å². The van der Waals surface area contributed by atoms with Gasteiger partial charge < -0.3 is 10.1 Å². The van der Waals surface area contributed by atoms with Crippen molar-refractivity contribution in [2.75, 3.05) is 5.32 Å². The first-order valence-corrected chi connectivity index (χ1v) is 11.4. The highest BCUT2D eigenvalue weighted by molar-refractivity contribution is 7.16. The SMILES string of the molecule is N#Cc1c(NC(=O)C(=O)N/N=C/c2ccc(OC(=O)c3ccccc3)cc2)sc2c1CCCC2. The summed E-state index contributed by atoms with van der Waals surface area (Å²) in [5, 5.41) is 16.2. The highest BCUT2D eigenvalue weighted by Gasteiger charge is 2.23. The summed E-state index contributed by atoms with van der Waals surface area (Å²) < 4.78 is 5.31. The van der Waals surface area contributed by atoms with E-state index in [1.165, 1.54) is 17.6 Å². The van der Waals surface area contributed by atoms with Crippen molar-refractivity contribution in [3.8, 4) is 11.8 Å². The Balaban J connectivity index is 1.31. The molecule has 0 bridgehead atoms. The molecule has 0 aliphatic heterocycles. The summed E-state index contributed by atoms with van der Waals surface area (Å²) in [5.74, 6) is -1.94. The van der Waals surface area contributed by atoms with E-state index in [9.17, 15) is 19.6 Å². The van der Waals surface area contributed by atoms with Crippen LogP contribution in [0.1, 0.15) is 44.8 Å². The topological polar surface area (TPSA) is 121 Å². The van der Waals surface area contributed by atoms with Crippen molar-refractivity contribution < 1.29 is 19.1 Å². The molecule has 3 aromatic rings. The maximum absolute atomic E-state index is 12.3. The number of hydrogen-bond acceptors (Lipinski definition) is 7. The number of carbonyl (C=O) groups excluding carboxylic acids is 3. The van der Waals surface area contributed by atoms with Crippen LogP contribution in [0.2, 0.25) is 0 Å². The normalized spacial score (nSPS) is 12.4. The first-order valence-electron chi connectivity index (χ1n) is 10.6. The number of amides is 2. The van der Waals surface area contributed by atoms with E-state index in [1.54, 1.807) is 48.5 Å². The molecule has 0 atom stereocenters. The Morgan fingerprint density at radius 2 is 1.74 bits per heavy atom. The molecule has 9 heteroatoms. The lowest BCUT2D eigenvalue weighted by atomic mass is 9.96. The van der Waals surface area contributed by atoms with Crippen molar-refractivity contribution in [1.82, 2.24) is 5.43 Å². The van der Waals surface area contributed by atoms with Crippen molar-refractivity contribution in [2.45, 2.75) is 25.7 Å². The van der Waals surface area contributed by atoms with Crippen LogP contribution >= 0.6 is 11.3 Å². The molecule has 4 rings (SSSR count). The van der Waals surface area contributed by atoms with Crippen LogP contribution in [0.25, 0.3) is 0 Å². The van der Waals surface area contributed by atoms with Gasteiger partial charge in [0.05, 0.1) is 17.3 Å². The molecule has 1 aliphatic carbocycles. The molecular weight excluding hydrogens is 452 g/mol. The molecule has 170 valence electrons. The summed E-state index contributed by atoms with van der Waals surface area (Å²) in [6.07, 6.45) is 5.12. The average molecular weight is 473 g/mol. The Labute approximate surface area is 199 Å². The highest BCUT2D eigenvalue weighted by Crippen LogP contribution is 2.37. The summed E-state index contributed by atoms with van der Waals surface area (Å²) in [6.45, 7) is 0. The zero-order valence-electron chi connectivity index (χ0n) is 18.0. The van der Waals surface area contributed by atoms with Gasteiger partial charge in [-0.25, -0.2) is 10.2 Å². The molecule has 8 nitrogen and oxygen atoms in total. The van der Waals surface area contributed by atoms with E-state index in [1.807, 2.05) is 6.07 Å². The summed E-state index contributed by atoms with van der Waals surface area (Å²) in [7, 11) is 0. The Kier molecular flexibility index (Phi) is 7.10. The smallest absolute Gasteiger partial charge is 0.343 e. The molecule has 1 aliphatic rings. The monoisotopic (exact) mass is 472 g/mol. The minimum absolute atomic E-state index is 0.362. The Hall–Kier alpha value is -4.29. The Morgan fingerprint density at radius 3 is 2.47 bits per heavy atom. The number of nitrogens with one attached hydrogen (secondary N) is 2. The number of aryl methyl sites for hydroxylation is 1. The Bertz CT molecular complexity index is 1290. The third kappa shape index (κ3) is 5.36. The van der Waals surface area contributed by atoms with Crippen molar-refractivity contribution in [1.29, 1.82) is 5.26 Å². The summed E-state index contributed by atoms with van der Waals surface area (Å²) in [5.41, 5.74) is 4.66. The van der Waals surface area contributed by atoms with E-state index in [2.05, 4.69) is 21.9 Å². The predicted octanol–water partition coefficient (Wildman–Crippen LogP) is 3.81. The van der Waals surface area contributed by atoms with Gasteiger partial charge in [-0.05, 0) is 73.2 Å². The van der Waals surface area contributed by atoms with Gasteiger partial charge >= 0.3 is 17.8 Å². The quantitative estimate of drug-likeness (QED) is 0.192. The fourth-order valence-electron chi connectivity index (χ4n) is 3.51. The number of rotatable bonds is 5. The molecule has 0 saturated carbocycles. The first-order chi connectivity index (χ1) is 16.5. The highest BCUT2D eigenvalue weighted by atomic mass is 32.1. The van der Waals surface area contributed by atoms with Crippen molar-refractivity contribution in [2.24, 2.45) is 5.10 Å². The van der Waals surface area contributed by atoms with Gasteiger partial charge in [-0.3, -0.25) is 9.59 Å². The lowest BCUT2D eigenvalue weighted by Crippen LogP contribution is -2.32. The molecule has 0 saturated heterocycles. The summed E-state index contributed by atoms with van der Waals surface area (Å²) in [6, 6.07) is 17.3. The minimum Gasteiger partial charge on any atom is -0.423 e. The number of ether oxygens (including phenoxy) is 1. The first kappa shape index (κ1) is 22.9. The maximum atomic E-state index is 12.3. The largest absolute Gasteiger partial charge is 0.423 e. The number of fused-ring (bicyclic) bond motifs is 1. The van der Waals surface area contributed by atoms with Gasteiger partial charge in [0, 0.05) is 4.88 Å². The molecule has 2 N–H and O–H groups in total. The number of hydrazone groups is 1. The van der Waals surface area contributed by atoms with E-state index in [-0.39, 0.29) is 0 Å². The van der Waals surface area contributed by atoms with Gasteiger partial charge in [0.1, 0.15) is 16.8 Å². The van der Waals surface area contributed by atoms with Gasteiger partial charge in [0.15, 0.2) is 0 Å². The van der Waals surface area contributed by atoms with Crippen LogP contribution in [-0.2, 0) is 22.4 Å². The summed E-state index contributed by atoms with van der Waals surface area (Å²) in [4.78, 5) is 37.5. The molecule has 0 radical (unpaired) electrons. The third-order valence-electron chi connectivity index (χ3n) is 5.20. The van der Waals surface area contributed by atoms with Crippen molar-refractivity contribution in [3.05, 3.63) is 81.7 Å². The van der Waals surface area contributed by atoms with Crippen LogP contribution < -0.4 is 15.5 Å². The fourth-order valence-corrected chi connectivity index (χ4v) is 4.75. The summed E-state index contributed by atoms with van der Waals surface area (Å²) >= 11 is 1.35. The van der Waals surface area contributed by atoms with E-state index < -0.39 is 17.8 Å². The number of nitrogens with zero attached hydrogens (tertiary/aromatic N) is 2.